The molecule has 0 aliphatic rings. The maximum atomic E-state index is 12.4. The Balaban J connectivity index is 1.75. The van der Waals surface area contributed by atoms with Gasteiger partial charge < -0.3 is 10.4 Å². The molecule has 24 heavy (non-hydrogen) atoms. The second-order valence-electron chi connectivity index (χ2n) is 6.48. The molecule has 4 heteroatoms. The average molecular weight is 339 g/mol. The lowest BCUT2D eigenvalue weighted by atomic mass is 10.0. The number of carbonyl (C=O) groups excluding carboxylic acids is 1. The molecular weight excluding hydrogens is 318 g/mol. The van der Waals surface area contributed by atoms with Crippen molar-refractivity contribution in [1.82, 2.24) is 5.32 Å². The van der Waals surface area contributed by atoms with Crippen molar-refractivity contribution in [2.75, 3.05) is 6.54 Å². The van der Waals surface area contributed by atoms with Gasteiger partial charge in [-0.15, -0.1) is 11.3 Å². The van der Waals surface area contributed by atoms with Gasteiger partial charge in [0.25, 0.3) is 5.91 Å². The minimum absolute atomic E-state index is 0.164. The normalized spacial score (nSPS) is 13.7. The molecule has 0 saturated carbocycles. The zero-order chi connectivity index (χ0) is 17.3. The zero-order valence-electron chi connectivity index (χ0n) is 14.1. The molecule has 0 spiro atoms. The Hall–Kier alpha value is -2.17. The predicted molar refractivity (Wildman–Crippen MR) is 99.6 cm³/mol. The van der Waals surface area contributed by atoms with E-state index >= 15 is 0 Å². The summed E-state index contributed by atoms with van der Waals surface area (Å²) in [4.78, 5) is 13.2. The van der Waals surface area contributed by atoms with Crippen LogP contribution in [0.4, 0.5) is 0 Å². The van der Waals surface area contributed by atoms with Crippen LogP contribution in [-0.4, -0.2) is 17.6 Å². The third kappa shape index (κ3) is 3.50. The van der Waals surface area contributed by atoms with Crippen molar-refractivity contribution < 1.29 is 9.90 Å². The molecule has 3 rings (SSSR count). The van der Waals surface area contributed by atoms with Crippen molar-refractivity contribution in [1.29, 1.82) is 0 Å². The lowest BCUT2D eigenvalue weighted by Crippen LogP contribution is -2.38. The van der Waals surface area contributed by atoms with Crippen LogP contribution in [0.2, 0.25) is 0 Å². The topological polar surface area (TPSA) is 49.3 Å². The van der Waals surface area contributed by atoms with Crippen LogP contribution in [0.1, 0.15) is 33.3 Å². The molecule has 0 aliphatic heterocycles. The molecule has 2 aromatic carbocycles. The smallest absolute Gasteiger partial charge is 0.251 e. The highest BCUT2D eigenvalue weighted by Crippen LogP contribution is 2.32. The number of aryl methyl sites for hydroxylation is 2. The standard InChI is InChI=1S/C20H21NO2S/c1-13-8-14(2)10-16(9-13)19(22)21-12-20(3,23)18-11-15-6-4-5-7-17(15)24-18/h4-11,23H,12H2,1-3H3,(H,21,22). The average Bonchev–Trinajstić information content (AvgIpc) is 2.96. The highest BCUT2D eigenvalue weighted by atomic mass is 32.1. The molecule has 1 amide bonds. The summed E-state index contributed by atoms with van der Waals surface area (Å²) in [5.74, 6) is -0.164. The number of fused-ring (bicyclic) bond motifs is 1. The maximum absolute atomic E-state index is 12.4. The van der Waals surface area contributed by atoms with Crippen molar-refractivity contribution in [3.63, 3.8) is 0 Å². The van der Waals surface area contributed by atoms with Crippen molar-refractivity contribution in [2.24, 2.45) is 0 Å². The Morgan fingerprint density at radius 2 is 1.79 bits per heavy atom. The number of hydrogen-bond donors (Lipinski definition) is 2. The molecule has 3 aromatic rings. The summed E-state index contributed by atoms with van der Waals surface area (Å²) in [6, 6.07) is 15.8. The van der Waals surface area contributed by atoms with Crippen molar-refractivity contribution in [3.8, 4) is 0 Å². The molecule has 0 saturated heterocycles. The van der Waals surface area contributed by atoms with E-state index in [9.17, 15) is 9.90 Å². The number of carbonyl (C=O) groups is 1. The van der Waals surface area contributed by atoms with Gasteiger partial charge in [0.1, 0.15) is 5.60 Å². The molecule has 124 valence electrons. The molecule has 0 aliphatic carbocycles. The SMILES string of the molecule is Cc1cc(C)cc(C(=O)NCC(C)(O)c2cc3ccccc3s2)c1. The van der Waals surface area contributed by atoms with Crippen molar-refractivity contribution >= 4 is 27.3 Å². The van der Waals surface area contributed by atoms with Gasteiger partial charge in [0.05, 0.1) is 6.54 Å². The summed E-state index contributed by atoms with van der Waals surface area (Å²) in [5.41, 5.74) is 1.63. The lowest BCUT2D eigenvalue weighted by molar-refractivity contribution is 0.0557. The fourth-order valence-electron chi connectivity index (χ4n) is 2.79. The number of thiophene rings is 1. The molecule has 1 atom stereocenters. The fourth-order valence-corrected chi connectivity index (χ4v) is 3.90. The molecular formula is C20H21NO2S. The van der Waals surface area contributed by atoms with Gasteiger partial charge in [0.15, 0.2) is 0 Å². The Labute approximate surface area is 146 Å². The molecule has 0 bridgehead atoms. The molecule has 2 N–H and O–H groups in total. The molecule has 3 nitrogen and oxygen atoms in total. The van der Waals surface area contributed by atoms with Gasteiger partial charge in [0, 0.05) is 15.1 Å². The van der Waals surface area contributed by atoms with E-state index in [-0.39, 0.29) is 12.5 Å². The van der Waals surface area contributed by atoms with Gasteiger partial charge in [-0.1, -0.05) is 35.4 Å². The minimum atomic E-state index is -1.10. The Morgan fingerprint density at radius 1 is 1.12 bits per heavy atom. The largest absolute Gasteiger partial charge is 0.383 e. The molecule has 1 heterocycles. The number of benzene rings is 2. The summed E-state index contributed by atoms with van der Waals surface area (Å²) in [6.45, 7) is 5.85. The van der Waals surface area contributed by atoms with Crippen LogP contribution in [0.25, 0.3) is 10.1 Å². The minimum Gasteiger partial charge on any atom is -0.383 e. The molecule has 0 radical (unpaired) electrons. The first-order valence-corrected chi connectivity index (χ1v) is 8.75. The molecule has 1 aromatic heterocycles. The van der Waals surface area contributed by atoms with Crippen LogP contribution in [0.15, 0.2) is 48.5 Å². The van der Waals surface area contributed by atoms with E-state index in [2.05, 4.69) is 5.32 Å². The lowest BCUT2D eigenvalue weighted by Gasteiger charge is -2.22. The predicted octanol–water partition coefficient (Wildman–Crippen LogP) is 4.16. The van der Waals surface area contributed by atoms with E-state index in [1.165, 1.54) is 0 Å². The first-order valence-electron chi connectivity index (χ1n) is 7.93. The first-order chi connectivity index (χ1) is 11.3. The highest BCUT2D eigenvalue weighted by molar-refractivity contribution is 7.19. The van der Waals surface area contributed by atoms with E-state index in [0.717, 1.165) is 26.1 Å². The number of nitrogens with one attached hydrogen (secondary N) is 1. The van der Waals surface area contributed by atoms with Gasteiger partial charge in [-0.25, -0.2) is 0 Å². The van der Waals surface area contributed by atoms with Gasteiger partial charge >= 0.3 is 0 Å². The number of aliphatic hydroxyl groups is 1. The summed E-state index contributed by atoms with van der Waals surface area (Å²) < 4.78 is 1.13. The maximum Gasteiger partial charge on any atom is 0.251 e. The van der Waals surface area contributed by atoms with E-state index in [4.69, 9.17) is 0 Å². The van der Waals surface area contributed by atoms with E-state index in [1.807, 2.05) is 62.4 Å². The number of hydrogen-bond acceptors (Lipinski definition) is 3. The second kappa shape index (κ2) is 6.38. The van der Waals surface area contributed by atoms with E-state index < -0.39 is 5.60 Å². The van der Waals surface area contributed by atoms with Gasteiger partial charge in [0.2, 0.25) is 0 Å². The molecule has 1 unspecified atom stereocenters. The van der Waals surface area contributed by atoms with Gasteiger partial charge in [-0.3, -0.25) is 4.79 Å². The van der Waals surface area contributed by atoms with Gasteiger partial charge in [-0.05, 0) is 50.4 Å². The fraction of sp³-hybridized carbons (Fsp3) is 0.250. The van der Waals surface area contributed by atoms with Crippen LogP contribution >= 0.6 is 11.3 Å². The molecule has 0 fully saturated rings. The summed E-state index contributed by atoms with van der Waals surface area (Å²) >= 11 is 1.56. The Kier molecular flexibility index (Phi) is 4.43. The van der Waals surface area contributed by atoms with Crippen LogP contribution < -0.4 is 5.32 Å². The summed E-state index contributed by atoms with van der Waals surface area (Å²) in [7, 11) is 0. The van der Waals surface area contributed by atoms with Crippen LogP contribution in [0.3, 0.4) is 0 Å². The number of amides is 1. The highest BCUT2D eigenvalue weighted by Gasteiger charge is 2.26. The third-order valence-electron chi connectivity index (χ3n) is 4.03. The summed E-state index contributed by atoms with van der Waals surface area (Å²) in [6.07, 6.45) is 0. The Bertz CT molecular complexity index is 842. The van der Waals surface area contributed by atoms with E-state index in [0.29, 0.717) is 5.56 Å². The monoisotopic (exact) mass is 339 g/mol. The quantitative estimate of drug-likeness (QED) is 0.750. The van der Waals surface area contributed by atoms with Crippen LogP contribution in [0.5, 0.6) is 0 Å². The first kappa shape index (κ1) is 16.7. The van der Waals surface area contributed by atoms with Crippen LogP contribution in [0, 0.1) is 13.8 Å². The van der Waals surface area contributed by atoms with Gasteiger partial charge in [-0.2, -0.15) is 0 Å². The third-order valence-corrected chi connectivity index (χ3v) is 5.40. The van der Waals surface area contributed by atoms with E-state index in [1.54, 1.807) is 18.3 Å². The zero-order valence-corrected chi connectivity index (χ0v) is 14.9. The number of rotatable bonds is 4. The Morgan fingerprint density at radius 3 is 2.46 bits per heavy atom. The summed E-state index contributed by atoms with van der Waals surface area (Å²) in [5, 5.41) is 14.8. The second-order valence-corrected chi connectivity index (χ2v) is 7.57. The van der Waals surface area contributed by atoms with Crippen molar-refractivity contribution in [3.05, 3.63) is 70.1 Å². The van der Waals surface area contributed by atoms with Crippen LogP contribution in [-0.2, 0) is 5.60 Å². The van der Waals surface area contributed by atoms with Crippen molar-refractivity contribution in [2.45, 2.75) is 26.4 Å².